The average Bonchev–Trinajstić information content (AvgIpc) is 2.23. The molecule has 6 N–H and O–H groups in total. The maximum absolute atomic E-state index is 9.90. The molecule has 0 amide bonds. The Morgan fingerprint density at radius 2 is 1.65 bits per heavy atom. The van der Waals surface area contributed by atoms with Crippen LogP contribution in [0.4, 0.5) is 0 Å². The Kier molecular flexibility index (Phi) is 13.7. The van der Waals surface area contributed by atoms with Gasteiger partial charge in [-0.1, -0.05) is 0 Å². The van der Waals surface area contributed by atoms with Gasteiger partial charge in [0, 0.05) is 6.54 Å². The summed E-state index contributed by atoms with van der Waals surface area (Å²) in [7, 11) is 0. The van der Waals surface area contributed by atoms with Gasteiger partial charge in [-0.25, -0.2) is 4.79 Å². The molecule has 1 unspecified atom stereocenters. The SMILES string of the molecule is CC(N)C(=O)O.NCCOCCOCC(=O)O. The van der Waals surface area contributed by atoms with Crippen molar-refractivity contribution in [2.45, 2.75) is 13.0 Å². The maximum atomic E-state index is 9.90. The van der Waals surface area contributed by atoms with Gasteiger partial charge in [-0.05, 0) is 6.92 Å². The molecule has 8 heteroatoms. The number of ether oxygens (including phenoxy) is 2. The van der Waals surface area contributed by atoms with Crippen LogP contribution in [0.15, 0.2) is 0 Å². The van der Waals surface area contributed by atoms with Crippen LogP contribution in [0.1, 0.15) is 6.92 Å². The molecule has 0 aliphatic rings. The summed E-state index contributed by atoms with van der Waals surface area (Å²) in [5, 5.41) is 16.0. The second kappa shape index (κ2) is 12.8. The van der Waals surface area contributed by atoms with Crippen LogP contribution in [0.2, 0.25) is 0 Å². The third kappa shape index (κ3) is 20.8. The molecule has 17 heavy (non-hydrogen) atoms. The molecule has 0 aromatic rings. The van der Waals surface area contributed by atoms with Gasteiger partial charge in [0.25, 0.3) is 0 Å². The number of nitrogens with two attached hydrogens (primary N) is 2. The van der Waals surface area contributed by atoms with Crippen LogP contribution in [0, 0.1) is 0 Å². The maximum Gasteiger partial charge on any atom is 0.329 e. The van der Waals surface area contributed by atoms with Crippen LogP contribution in [0.3, 0.4) is 0 Å². The van der Waals surface area contributed by atoms with Crippen molar-refractivity contribution in [1.29, 1.82) is 0 Å². The van der Waals surface area contributed by atoms with Gasteiger partial charge in [0.1, 0.15) is 12.6 Å². The molecule has 0 saturated carbocycles. The number of carbonyl (C=O) groups is 2. The van der Waals surface area contributed by atoms with E-state index in [1.165, 1.54) is 6.92 Å². The molecule has 0 bridgehead atoms. The summed E-state index contributed by atoms with van der Waals surface area (Å²) in [6, 6.07) is -0.731. The first-order valence-corrected chi connectivity index (χ1v) is 4.97. The monoisotopic (exact) mass is 252 g/mol. The van der Waals surface area contributed by atoms with Crippen LogP contribution >= 0.6 is 0 Å². The summed E-state index contributed by atoms with van der Waals surface area (Å²) in [5.41, 5.74) is 9.97. The van der Waals surface area contributed by atoms with E-state index in [2.05, 4.69) is 4.74 Å². The van der Waals surface area contributed by atoms with Gasteiger partial charge in [0.2, 0.25) is 0 Å². The molecule has 1 atom stereocenters. The number of aliphatic carboxylic acids is 2. The van der Waals surface area contributed by atoms with Crippen LogP contribution in [0.5, 0.6) is 0 Å². The van der Waals surface area contributed by atoms with Crippen molar-refractivity contribution in [3.63, 3.8) is 0 Å². The first kappa shape index (κ1) is 18.2. The zero-order valence-corrected chi connectivity index (χ0v) is 9.80. The molecular weight excluding hydrogens is 232 g/mol. The molecule has 0 spiro atoms. The van der Waals surface area contributed by atoms with Crippen molar-refractivity contribution < 1.29 is 29.3 Å². The van der Waals surface area contributed by atoms with Crippen molar-refractivity contribution in [2.75, 3.05) is 33.0 Å². The standard InChI is InChI=1S/C6H13NO4.C3H7NO2/c7-1-2-10-3-4-11-5-6(8)9;1-2(4)3(5)6/h1-5,7H2,(H,8,9);2H,4H2,1H3,(H,5,6). The Balaban J connectivity index is 0. The van der Waals surface area contributed by atoms with Crippen molar-refractivity contribution in [3.8, 4) is 0 Å². The topological polar surface area (TPSA) is 145 Å². The Morgan fingerprint density at radius 1 is 1.18 bits per heavy atom. The summed E-state index contributed by atoms with van der Waals surface area (Å²) >= 11 is 0. The molecule has 0 aromatic heterocycles. The van der Waals surface area contributed by atoms with E-state index in [1.807, 2.05) is 0 Å². The molecule has 0 radical (unpaired) electrons. The van der Waals surface area contributed by atoms with E-state index in [1.54, 1.807) is 0 Å². The number of hydrogen-bond acceptors (Lipinski definition) is 6. The van der Waals surface area contributed by atoms with E-state index in [0.717, 1.165) is 0 Å². The summed E-state index contributed by atoms with van der Waals surface area (Å²) in [4.78, 5) is 19.5. The molecule has 8 nitrogen and oxygen atoms in total. The van der Waals surface area contributed by atoms with Crippen LogP contribution in [-0.4, -0.2) is 61.2 Å². The third-order valence-corrected chi connectivity index (χ3v) is 1.25. The smallest absolute Gasteiger partial charge is 0.329 e. The largest absolute Gasteiger partial charge is 0.480 e. The highest BCUT2D eigenvalue weighted by atomic mass is 16.5. The van der Waals surface area contributed by atoms with E-state index in [-0.39, 0.29) is 6.61 Å². The zero-order valence-electron chi connectivity index (χ0n) is 9.80. The molecule has 0 aliphatic carbocycles. The van der Waals surface area contributed by atoms with Gasteiger partial charge in [0.15, 0.2) is 0 Å². The van der Waals surface area contributed by atoms with E-state index < -0.39 is 18.0 Å². The highest BCUT2D eigenvalue weighted by Gasteiger charge is 1.99. The first-order chi connectivity index (χ1) is 7.91. The lowest BCUT2D eigenvalue weighted by atomic mass is 10.4. The Hall–Kier alpha value is -1.22. The van der Waals surface area contributed by atoms with Crippen molar-refractivity contribution in [1.82, 2.24) is 0 Å². The summed E-state index contributed by atoms with van der Waals surface area (Å²) in [5.74, 6) is -1.93. The van der Waals surface area contributed by atoms with E-state index in [4.69, 9.17) is 26.4 Å². The minimum absolute atomic E-state index is 0.272. The quantitative estimate of drug-likeness (QED) is 0.381. The lowest BCUT2D eigenvalue weighted by molar-refractivity contribution is -0.142. The first-order valence-electron chi connectivity index (χ1n) is 4.97. The molecule has 0 aromatic carbocycles. The van der Waals surface area contributed by atoms with E-state index in [0.29, 0.717) is 26.4 Å². The Bertz CT molecular complexity index is 210. The highest BCUT2D eigenvalue weighted by Crippen LogP contribution is 1.77. The van der Waals surface area contributed by atoms with Gasteiger partial charge < -0.3 is 31.2 Å². The number of rotatable bonds is 8. The van der Waals surface area contributed by atoms with Crippen molar-refractivity contribution in [3.05, 3.63) is 0 Å². The fourth-order valence-electron chi connectivity index (χ4n) is 0.463. The van der Waals surface area contributed by atoms with Gasteiger partial charge in [-0.15, -0.1) is 0 Å². The lowest BCUT2D eigenvalue weighted by Crippen LogP contribution is -2.25. The number of carboxylic acid groups (broad SMARTS) is 2. The predicted octanol–water partition coefficient (Wildman–Crippen LogP) is -1.52. The molecule has 0 saturated heterocycles. The molecule has 0 heterocycles. The van der Waals surface area contributed by atoms with Gasteiger partial charge in [-0.3, -0.25) is 4.79 Å². The van der Waals surface area contributed by atoms with Gasteiger partial charge in [0.05, 0.1) is 19.8 Å². The fraction of sp³-hybridized carbons (Fsp3) is 0.778. The second-order valence-electron chi connectivity index (χ2n) is 2.97. The Labute approximate surface area is 99.5 Å². The number of carboxylic acids is 2. The summed E-state index contributed by atoms with van der Waals surface area (Å²) < 4.78 is 9.60. The predicted molar refractivity (Wildman–Crippen MR) is 59.6 cm³/mol. The third-order valence-electron chi connectivity index (χ3n) is 1.25. The highest BCUT2D eigenvalue weighted by molar-refractivity contribution is 5.72. The lowest BCUT2D eigenvalue weighted by Gasteiger charge is -2.01. The van der Waals surface area contributed by atoms with Crippen LogP contribution in [-0.2, 0) is 19.1 Å². The fourth-order valence-corrected chi connectivity index (χ4v) is 0.463. The Morgan fingerprint density at radius 3 is 2.00 bits per heavy atom. The number of hydrogen-bond donors (Lipinski definition) is 4. The van der Waals surface area contributed by atoms with E-state index in [9.17, 15) is 9.59 Å². The van der Waals surface area contributed by atoms with Gasteiger partial charge in [-0.2, -0.15) is 0 Å². The van der Waals surface area contributed by atoms with Gasteiger partial charge >= 0.3 is 11.9 Å². The average molecular weight is 252 g/mol. The molecular formula is C9H20N2O6. The molecule has 0 rings (SSSR count). The summed E-state index contributed by atoms with van der Waals surface area (Å²) in [6.07, 6.45) is 0. The van der Waals surface area contributed by atoms with E-state index >= 15 is 0 Å². The van der Waals surface area contributed by atoms with Crippen LogP contribution < -0.4 is 11.5 Å². The zero-order chi connectivity index (χ0) is 13.7. The second-order valence-corrected chi connectivity index (χ2v) is 2.97. The molecule has 102 valence electrons. The normalized spacial score (nSPS) is 11.2. The molecule has 0 fully saturated rings. The summed E-state index contributed by atoms with van der Waals surface area (Å²) in [6.45, 7) is 2.79. The van der Waals surface area contributed by atoms with Crippen LogP contribution in [0.25, 0.3) is 0 Å². The minimum Gasteiger partial charge on any atom is -0.480 e. The molecule has 0 aliphatic heterocycles. The van der Waals surface area contributed by atoms with Crippen molar-refractivity contribution in [2.24, 2.45) is 11.5 Å². The minimum atomic E-state index is -0.969. The van der Waals surface area contributed by atoms with Crippen molar-refractivity contribution >= 4 is 11.9 Å².